The summed E-state index contributed by atoms with van der Waals surface area (Å²) >= 11 is 0. The van der Waals surface area contributed by atoms with Crippen LogP contribution in [0.25, 0.3) is 0 Å². The van der Waals surface area contributed by atoms with E-state index in [9.17, 15) is 9.59 Å². The number of rotatable bonds is 5. The van der Waals surface area contributed by atoms with Gasteiger partial charge in [0.25, 0.3) is 5.91 Å². The summed E-state index contributed by atoms with van der Waals surface area (Å²) in [6.45, 7) is 1.89. The smallest absolute Gasteiger partial charge is 0.268 e. The third kappa shape index (κ3) is 3.49. The second-order valence-corrected chi connectivity index (χ2v) is 6.55. The molecule has 1 aliphatic rings. The lowest BCUT2D eigenvalue weighted by Crippen LogP contribution is -2.49. The van der Waals surface area contributed by atoms with Gasteiger partial charge < -0.3 is 14.1 Å². The Morgan fingerprint density at radius 3 is 2.54 bits per heavy atom. The van der Waals surface area contributed by atoms with Gasteiger partial charge in [-0.2, -0.15) is 0 Å². The fourth-order valence-corrected chi connectivity index (χ4v) is 3.23. The monoisotopic (exact) mass is 376 g/mol. The lowest BCUT2D eigenvalue weighted by Gasteiger charge is -2.34. The third-order valence-corrected chi connectivity index (χ3v) is 4.63. The first-order valence-corrected chi connectivity index (χ1v) is 9.08. The highest BCUT2D eigenvalue weighted by Gasteiger charge is 2.33. The van der Waals surface area contributed by atoms with Crippen molar-refractivity contribution in [3.8, 4) is 5.75 Å². The Labute approximate surface area is 162 Å². The quantitative estimate of drug-likeness (QED) is 0.682. The number of ether oxygens (including phenoxy) is 1. The number of amides is 2. The van der Waals surface area contributed by atoms with Crippen LogP contribution < -0.4 is 14.5 Å². The molecule has 1 atom stereocenters. The van der Waals surface area contributed by atoms with Gasteiger partial charge in [0.2, 0.25) is 5.91 Å². The molecule has 6 heteroatoms. The van der Waals surface area contributed by atoms with Crippen LogP contribution in [0.3, 0.4) is 0 Å². The Morgan fingerprint density at radius 1 is 1.04 bits per heavy atom. The summed E-state index contributed by atoms with van der Waals surface area (Å²) in [4.78, 5) is 29.1. The Hall–Kier alpha value is -3.54. The van der Waals surface area contributed by atoms with Gasteiger partial charge in [0.15, 0.2) is 6.10 Å². The van der Waals surface area contributed by atoms with Crippen LogP contribution in [-0.2, 0) is 16.1 Å². The minimum absolute atomic E-state index is 0.0842. The third-order valence-electron chi connectivity index (χ3n) is 4.63. The molecule has 0 fully saturated rings. The summed E-state index contributed by atoms with van der Waals surface area (Å²) in [6.07, 6.45) is 0.935. The van der Waals surface area contributed by atoms with Gasteiger partial charge >= 0.3 is 0 Å². The van der Waals surface area contributed by atoms with Gasteiger partial charge in [-0.3, -0.25) is 14.5 Å². The zero-order valence-electron chi connectivity index (χ0n) is 15.4. The predicted octanol–water partition coefficient (Wildman–Crippen LogP) is 3.63. The molecule has 0 N–H and O–H groups in total. The first-order chi connectivity index (χ1) is 13.6. The highest BCUT2D eigenvalue weighted by molar-refractivity contribution is 6.06. The number of carbonyl (C=O) groups excluding carboxylic acids is 2. The Kier molecular flexibility index (Phi) is 4.85. The maximum atomic E-state index is 13.2. The maximum Gasteiger partial charge on any atom is 0.268 e. The highest BCUT2D eigenvalue weighted by Crippen LogP contribution is 2.33. The molecular weight excluding hydrogens is 356 g/mol. The van der Waals surface area contributed by atoms with E-state index < -0.39 is 6.10 Å². The molecule has 2 amide bonds. The number of hydrogen-bond acceptors (Lipinski definition) is 4. The first kappa shape index (κ1) is 17.9. The van der Waals surface area contributed by atoms with E-state index in [0.717, 1.165) is 5.69 Å². The van der Waals surface area contributed by atoms with Crippen molar-refractivity contribution in [1.29, 1.82) is 0 Å². The van der Waals surface area contributed by atoms with Crippen LogP contribution in [0.5, 0.6) is 5.75 Å². The Morgan fingerprint density at radius 2 is 1.79 bits per heavy atom. The van der Waals surface area contributed by atoms with E-state index in [-0.39, 0.29) is 24.9 Å². The number of anilines is 2. The van der Waals surface area contributed by atoms with Crippen LogP contribution >= 0.6 is 0 Å². The fourth-order valence-electron chi connectivity index (χ4n) is 3.23. The molecule has 2 heterocycles. The minimum atomic E-state index is -0.641. The Balaban J connectivity index is 1.63. The summed E-state index contributed by atoms with van der Waals surface area (Å²) in [5.41, 5.74) is 1.34. The summed E-state index contributed by atoms with van der Waals surface area (Å²) < 4.78 is 11.1. The van der Waals surface area contributed by atoms with Crippen LogP contribution in [0.4, 0.5) is 11.4 Å². The molecule has 1 aromatic heterocycles. The van der Waals surface area contributed by atoms with E-state index in [1.165, 1.54) is 4.90 Å². The number of nitrogens with zero attached hydrogens (tertiary/aromatic N) is 2. The molecule has 0 saturated carbocycles. The molecular formula is C22H20N2O4. The molecule has 6 nitrogen and oxygen atoms in total. The van der Waals surface area contributed by atoms with Crippen LogP contribution in [-0.4, -0.2) is 24.5 Å². The number of carbonyl (C=O) groups is 2. The van der Waals surface area contributed by atoms with Gasteiger partial charge in [-0.15, -0.1) is 0 Å². The van der Waals surface area contributed by atoms with E-state index in [0.29, 0.717) is 17.2 Å². The van der Waals surface area contributed by atoms with Crippen molar-refractivity contribution in [2.75, 3.05) is 16.3 Å². The average molecular weight is 376 g/mol. The molecule has 4 rings (SSSR count). The molecule has 0 spiro atoms. The second kappa shape index (κ2) is 7.60. The van der Waals surface area contributed by atoms with Crippen molar-refractivity contribution in [2.45, 2.75) is 19.6 Å². The van der Waals surface area contributed by atoms with Crippen molar-refractivity contribution in [2.24, 2.45) is 0 Å². The predicted molar refractivity (Wildman–Crippen MR) is 105 cm³/mol. The lowest BCUT2D eigenvalue weighted by atomic mass is 10.1. The molecule has 0 radical (unpaired) electrons. The van der Waals surface area contributed by atoms with E-state index in [2.05, 4.69) is 0 Å². The molecule has 142 valence electrons. The van der Waals surface area contributed by atoms with E-state index in [4.69, 9.17) is 9.15 Å². The van der Waals surface area contributed by atoms with E-state index >= 15 is 0 Å². The SMILES string of the molecule is CC1Oc2ccccc2N(CC(=O)N(Cc2ccco2)c2ccccc2)C1=O. The Bertz CT molecular complexity index is 969. The van der Waals surface area contributed by atoms with Gasteiger partial charge in [0.1, 0.15) is 18.1 Å². The topological polar surface area (TPSA) is 63.0 Å². The molecule has 0 bridgehead atoms. The van der Waals surface area contributed by atoms with Crippen LogP contribution in [0, 0.1) is 0 Å². The van der Waals surface area contributed by atoms with Crippen molar-refractivity contribution < 1.29 is 18.7 Å². The van der Waals surface area contributed by atoms with Crippen LogP contribution in [0.15, 0.2) is 77.4 Å². The number of hydrogen-bond donors (Lipinski definition) is 0. The highest BCUT2D eigenvalue weighted by atomic mass is 16.5. The van der Waals surface area contributed by atoms with Crippen LogP contribution in [0.2, 0.25) is 0 Å². The first-order valence-electron chi connectivity index (χ1n) is 9.08. The summed E-state index contributed by atoms with van der Waals surface area (Å²) in [5.74, 6) is 0.817. The average Bonchev–Trinajstić information content (AvgIpc) is 3.23. The largest absolute Gasteiger partial charge is 0.479 e. The van der Waals surface area contributed by atoms with E-state index in [1.54, 1.807) is 36.3 Å². The van der Waals surface area contributed by atoms with Gasteiger partial charge in [-0.1, -0.05) is 30.3 Å². The summed E-state index contributed by atoms with van der Waals surface area (Å²) in [7, 11) is 0. The normalized spacial score (nSPS) is 15.7. The number of fused-ring (bicyclic) bond motifs is 1. The number of para-hydroxylation sites is 3. The maximum absolute atomic E-state index is 13.2. The molecule has 1 aliphatic heterocycles. The van der Waals surface area contributed by atoms with E-state index in [1.807, 2.05) is 48.5 Å². The number of benzene rings is 2. The van der Waals surface area contributed by atoms with Crippen molar-refractivity contribution in [3.05, 3.63) is 78.8 Å². The summed E-state index contributed by atoms with van der Waals surface area (Å²) in [5, 5.41) is 0. The van der Waals surface area contributed by atoms with Gasteiger partial charge in [-0.05, 0) is 43.3 Å². The zero-order valence-corrected chi connectivity index (χ0v) is 15.4. The summed E-state index contributed by atoms with van der Waals surface area (Å²) in [6, 6.07) is 20.2. The molecule has 3 aromatic rings. The van der Waals surface area contributed by atoms with Crippen molar-refractivity contribution >= 4 is 23.2 Å². The second-order valence-electron chi connectivity index (χ2n) is 6.55. The molecule has 1 unspecified atom stereocenters. The molecule has 0 aliphatic carbocycles. The van der Waals surface area contributed by atoms with Gasteiger partial charge in [0, 0.05) is 5.69 Å². The molecule has 2 aromatic carbocycles. The van der Waals surface area contributed by atoms with Crippen molar-refractivity contribution in [1.82, 2.24) is 0 Å². The molecule has 0 saturated heterocycles. The zero-order chi connectivity index (χ0) is 19.5. The number of furan rings is 1. The standard InChI is InChI=1S/C22H20N2O4/c1-16-22(26)24(19-11-5-6-12-20(19)28-16)15-21(25)23(14-18-10-7-13-27-18)17-8-3-2-4-9-17/h2-13,16H,14-15H2,1H3. The fraction of sp³-hybridized carbons (Fsp3) is 0.182. The van der Waals surface area contributed by atoms with Gasteiger partial charge in [-0.25, -0.2) is 0 Å². The minimum Gasteiger partial charge on any atom is -0.479 e. The lowest BCUT2D eigenvalue weighted by molar-refractivity contribution is -0.127. The van der Waals surface area contributed by atoms with Crippen LogP contribution in [0.1, 0.15) is 12.7 Å². The van der Waals surface area contributed by atoms with Crippen molar-refractivity contribution in [3.63, 3.8) is 0 Å². The molecule has 28 heavy (non-hydrogen) atoms. The van der Waals surface area contributed by atoms with Gasteiger partial charge in [0.05, 0.1) is 18.5 Å².